The van der Waals surface area contributed by atoms with Crippen LogP contribution in [0.15, 0.2) is 83.8 Å². The summed E-state index contributed by atoms with van der Waals surface area (Å²) in [4.78, 5) is 27.4. The van der Waals surface area contributed by atoms with E-state index in [-0.39, 0.29) is 48.6 Å². The summed E-state index contributed by atoms with van der Waals surface area (Å²) >= 11 is 0. The molecular weight excluding hydrogens is 621 g/mol. The van der Waals surface area contributed by atoms with Crippen LogP contribution in [0.4, 0.5) is 4.39 Å². The number of carbonyl (C=O) groups excluding carboxylic acids is 2. The molecule has 1 heterocycles. The average Bonchev–Trinajstić information content (AvgIpc) is 2.98. The fourth-order valence-corrected chi connectivity index (χ4v) is 6.82. The van der Waals surface area contributed by atoms with E-state index in [1.165, 1.54) is 34.6 Å². The topological polar surface area (TPSA) is 119 Å². The Morgan fingerprint density at radius 2 is 1.62 bits per heavy atom. The number of halogens is 2. The van der Waals surface area contributed by atoms with Crippen molar-refractivity contribution >= 4 is 34.3 Å². The summed E-state index contributed by atoms with van der Waals surface area (Å²) in [6.45, 7) is 8.31. The molecule has 0 bridgehead atoms. The van der Waals surface area contributed by atoms with E-state index in [1.807, 2.05) is 44.2 Å². The van der Waals surface area contributed by atoms with Crippen LogP contribution in [0.3, 0.4) is 0 Å². The maximum Gasteiger partial charge on any atom is 0.324 e. The molecule has 12 heteroatoms. The molecule has 1 amide bonds. The maximum absolute atomic E-state index is 13.9. The minimum absolute atomic E-state index is 0. The second-order valence-corrected chi connectivity index (χ2v) is 13.2. The number of benzene rings is 3. The summed E-state index contributed by atoms with van der Waals surface area (Å²) in [6, 6.07) is 20.1. The number of amides is 1. The first kappa shape index (κ1) is 36.0. The van der Waals surface area contributed by atoms with E-state index >= 15 is 0 Å². The number of carbonyl (C=O) groups is 2. The van der Waals surface area contributed by atoms with E-state index in [4.69, 9.17) is 15.2 Å². The Morgan fingerprint density at radius 1 is 0.978 bits per heavy atom. The number of likely N-dealkylation sites (N-methyl/N-ethyl adjacent to an activating group) is 1. The predicted octanol–water partition coefficient (Wildman–Crippen LogP) is 4.53. The molecular formula is C33H41ClFN3O6S. The van der Waals surface area contributed by atoms with E-state index in [9.17, 15) is 22.4 Å². The van der Waals surface area contributed by atoms with E-state index in [1.54, 1.807) is 36.9 Å². The molecule has 1 unspecified atom stereocenters. The van der Waals surface area contributed by atoms with Gasteiger partial charge >= 0.3 is 5.97 Å². The highest BCUT2D eigenvalue weighted by Gasteiger charge is 2.52. The molecule has 3 aromatic rings. The van der Waals surface area contributed by atoms with Crippen molar-refractivity contribution in [2.24, 2.45) is 11.7 Å². The number of rotatable bonds is 13. The quantitative estimate of drug-likeness (QED) is 0.267. The maximum atomic E-state index is 13.9. The fraction of sp³-hybridized carbons (Fsp3) is 0.394. The SMILES string of the molecule is CCN(CC)C(=O)C(OC(=O)[C@@H](N)Cc1cccc(S(=O)(=O)N2CC(Oc3cccc(F)c3)(c3ccccc3)C2)c1)C(C)C.Cl. The molecule has 2 N–H and O–H groups in total. The standard InChI is InChI=1S/C33H40FN3O6S.ClH/c1-5-36(6-2)31(38)30(23(3)4)42-32(39)29(35)19-24-12-10-17-28(18-24)44(40,41)37-21-33(22-37,25-13-8-7-9-14-25)43-27-16-11-15-26(34)20-27;/h7-18,20,23,29-30H,5-6,19,21-22,35H2,1-4H3;1H/t29-,30?;/m0./s1. The molecule has 0 saturated carbocycles. The van der Waals surface area contributed by atoms with Gasteiger partial charge in [0.2, 0.25) is 10.0 Å². The lowest BCUT2D eigenvalue weighted by molar-refractivity contribution is -0.164. The van der Waals surface area contributed by atoms with Crippen LogP contribution in [0, 0.1) is 11.7 Å². The van der Waals surface area contributed by atoms with Gasteiger partial charge in [0.25, 0.3) is 5.91 Å². The lowest BCUT2D eigenvalue weighted by atomic mass is 9.87. The van der Waals surface area contributed by atoms with Crippen molar-refractivity contribution in [3.63, 3.8) is 0 Å². The fourth-order valence-electron chi connectivity index (χ4n) is 5.22. The van der Waals surface area contributed by atoms with E-state index in [0.717, 1.165) is 5.56 Å². The third-order valence-corrected chi connectivity index (χ3v) is 9.52. The minimum Gasteiger partial charge on any atom is -0.480 e. The van der Waals surface area contributed by atoms with Gasteiger partial charge in [0.15, 0.2) is 11.7 Å². The van der Waals surface area contributed by atoms with Crippen LogP contribution in [0.1, 0.15) is 38.8 Å². The molecule has 1 saturated heterocycles. The van der Waals surface area contributed by atoms with E-state index < -0.39 is 39.6 Å². The molecule has 2 atom stereocenters. The molecule has 3 aromatic carbocycles. The van der Waals surface area contributed by atoms with Crippen molar-refractivity contribution < 1.29 is 31.9 Å². The van der Waals surface area contributed by atoms with E-state index in [0.29, 0.717) is 24.4 Å². The zero-order chi connectivity index (χ0) is 32.1. The second kappa shape index (κ2) is 15.2. The molecule has 0 radical (unpaired) electrons. The van der Waals surface area contributed by atoms with Crippen molar-refractivity contribution in [1.82, 2.24) is 9.21 Å². The zero-order valence-electron chi connectivity index (χ0n) is 25.9. The smallest absolute Gasteiger partial charge is 0.324 e. The molecule has 0 aromatic heterocycles. The molecule has 1 aliphatic rings. The van der Waals surface area contributed by atoms with Crippen molar-refractivity contribution in [3.8, 4) is 5.75 Å². The van der Waals surface area contributed by atoms with Crippen LogP contribution >= 0.6 is 12.4 Å². The molecule has 244 valence electrons. The van der Waals surface area contributed by atoms with Gasteiger partial charge in [0, 0.05) is 19.2 Å². The van der Waals surface area contributed by atoms with Gasteiger partial charge in [-0.3, -0.25) is 9.59 Å². The van der Waals surface area contributed by atoms with E-state index in [2.05, 4.69) is 0 Å². The summed E-state index contributed by atoms with van der Waals surface area (Å²) in [6.07, 6.45) is -0.950. The third kappa shape index (κ3) is 8.21. The monoisotopic (exact) mass is 661 g/mol. The Bertz CT molecular complexity index is 1560. The van der Waals surface area contributed by atoms with Gasteiger partial charge < -0.3 is 20.1 Å². The zero-order valence-corrected chi connectivity index (χ0v) is 27.5. The van der Waals surface area contributed by atoms with Crippen LogP contribution < -0.4 is 10.5 Å². The predicted molar refractivity (Wildman–Crippen MR) is 172 cm³/mol. The molecule has 0 spiro atoms. The Hall–Kier alpha value is -3.51. The van der Waals surface area contributed by atoms with Crippen LogP contribution in [-0.4, -0.2) is 67.8 Å². The minimum atomic E-state index is -3.95. The van der Waals surface area contributed by atoms with Gasteiger partial charge in [-0.1, -0.05) is 62.4 Å². The van der Waals surface area contributed by atoms with Crippen LogP contribution in [0.2, 0.25) is 0 Å². The van der Waals surface area contributed by atoms with Crippen LogP contribution in [0.25, 0.3) is 0 Å². The molecule has 1 aliphatic heterocycles. The molecule has 0 aliphatic carbocycles. The molecule has 4 rings (SSSR count). The number of nitrogens with zero attached hydrogens (tertiary/aromatic N) is 2. The molecule has 45 heavy (non-hydrogen) atoms. The number of ether oxygens (including phenoxy) is 2. The summed E-state index contributed by atoms with van der Waals surface area (Å²) < 4.78 is 54.3. The Kier molecular flexibility index (Phi) is 12.1. The third-order valence-electron chi connectivity index (χ3n) is 7.73. The average molecular weight is 662 g/mol. The van der Waals surface area contributed by atoms with Crippen molar-refractivity contribution in [2.45, 2.75) is 56.8 Å². The first-order valence-electron chi connectivity index (χ1n) is 14.7. The lowest BCUT2D eigenvalue weighted by Crippen LogP contribution is -2.64. The summed E-state index contributed by atoms with van der Waals surface area (Å²) in [5, 5.41) is 0. The van der Waals surface area contributed by atoms with Gasteiger partial charge in [-0.2, -0.15) is 4.31 Å². The number of nitrogens with two attached hydrogens (primary N) is 1. The van der Waals surface area contributed by atoms with Crippen molar-refractivity contribution in [2.75, 3.05) is 26.2 Å². The van der Waals surface area contributed by atoms with Gasteiger partial charge in [0.1, 0.15) is 17.6 Å². The van der Waals surface area contributed by atoms with Crippen molar-refractivity contribution in [3.05, 3.63) is 95.8 Å². The van der Waals surface area contributed by atoms with Gasteiger partial charge in [-0.05, 0) is 61.6 Å². The van der Waals surface area contributed by atoms with Gasteiger partial charge in [-0.25, -0.2) is 12.8 Å². The first-order valence-corrected chi connectivity index (χ1v) is 16.2. The molecule has 9 nitrogen and oxygen atoms in total. The second-order valence-electron chi connectivity index (χ2n) is 11.3. The normalized spacial score (nSPS) is 15.7. The highest BCUT2D eigenvalue weighted by molar-refractivity contribution is 7.89. The van der Waals surface area contributed by atoms with Gasteiger partial charge in [-0.15, -0.1) is 12.4 Å². The highest BCUT2D eigenvalue weighted by atomic mass is 35.5. The largest absolute Gasteiger partial charge is 0.480 e. The van der Waals surface area contributed by atoms with Crippen LogP contribution in [-0.2, 0) is 36.4 Å². The first-order chi connectivity index (χ1) is 20.9. The molecule has 1 fully saturated rings. The number of hydrogen-bond donors (Lipinski definition) is 1. The van der Waals surface area contributed by atoms with Gasteiger partial charge in [0.05, 0.1) is 18.0 Å². The number of esters is 1. The Labute approximate surface area is 271 Å². The summed E-state index contributed by atoms with van der Waals surface area (Å²) in [7, 11) is -3.95. The highest BCUT2D eigenvalue weighted by Crippen LogP contribution is 2.40. The number of sulfonamides is 1. The Morgan fingerprint density at radius 3 is 2.22 bits per heavy atom. The van der Waals surface area contributed by atoms with Crippen molar-refractivity contribution in [1.29, 1.82) is 0 Å². The summed E-state index contributed by atoms with van der Waals surface area (Å²) in [5.41, 5.74) is 6.47. The van der Waals surface area contributed by atoms with Crippen LogP contribution in [0.5, 0.6) is 5.75 Å². The number of hydrogen-bond acceptors (Lipinski definition) is 7. The summed E-state index contributed by atoms with van der Waals surface area (Å²) in [5.74, 6) is -1.42. The lowest BCUT2D eigenvalue weighted by Gasteiger charge is -2.48. The Balaban J connectivity index is 0.00000552.